The van der Waals surface area contributed by atoms with E-state index in [0.717, 1.165) is 12.8 Å². The quantitative estimate of drug-likeness (QED) is 0.424. The van der Waals surface area contributed by atoms with Gasteiger partial charge in [-0.15, -0.1) is 0 Å². The Morgan fingerprint density at radius 1 is 1.61 bits per heavy atom. The number of unbranched alkanes of at least 4 members (excludes halogenated alkanes) is 1. The number of nitrogens with one attached hydrogen (secondary N) is 1. The van der Waals surface area contributed by atoms with Gasteiger partial charge in [0.2, 0.25) is 0 Å². The largest absolute Gasteiger partial charge is 0.390 e. The smallest absolute Gasteiger partial charge is 0.251 e. The van der Waals surface area contributed by atoms with Crippen molar-refractivity contribution in [3.63, 3.8) is 0 Å². The van der Waals surface area contributed by atoms with Gasteiger partial charge in [-0.1, -0.05) is 25.1 Å². The Balaban J connectivity index is 2.29. The molecule has 1 heterocycles. The predicted molar refractivity (Wildman–Crippen MR) is 72.1 cm³/mol. The van der Waals surface area contributed by atoms with Gasteiger partial charge in [0.15, 0.2) is 5.16 Å². The summed E-state index contributed by atoms with van der Waals surface area (Å²) in [6.07, 6.45) is 1.55. The molecule has 1 aromatic heterocycles. The fourth-order valence-electron chi connectivity index (χ4n) is 1.31. The molecule has 0 fully saturated rings. The van der Waals surface area contributed by atoms with E-state index in [2.05, 4.69) is 16.9 Å². The molecule has 1 atom stereocenters. The number of aryl methyl sites for hydroxylation is 1. The van der Waals surface area contributed by atoms with E-state index in [1.54, 1.807) is 6.92 Å². The molecule has 5 nitrogen and oxygen atoms in total. The van der Waals surface area contributed by atoms with Crippen molar-refractivity contribution in [2.24, 2.45) is 0 Å². The number of rotatable bonds is 8. The third-order valence-corrected chi connectivity index (χ3v) is 3.23. The van der Waals surface area contributed by atoms with Crippen LogP contribution in [0.15, 0.2) is 16.0 Å². The van der Waals surface area contributed by atoms with Gasteiger partial charge < -0.3 is 14.8 Å². The molecule has 1 unspecified atom stereocenters. The van der Waals surface area contributed by atoms with E-state index in [9.17, 15) is 9.90 Å². The van der Waals surface area contributed by atoms with Gasteiger partial charge in [0, 0.05) is 24.1 Å². The molecule has 0 aliphatic carbocycles. The Labute approximate surface area is 111 Å². The zero-order chi connectivity index (χ0) is 13.4. The van der Waals surface area contributed by atoms with Crippen molar-refractivity contribution in [2.75, 3.05) is 19.0 Å². The van der Waals surface area contributed by atoms with E-state index < -0.39 is 6.10 Å². The summed E-state index contributed by atoms with van der Waals surface area (Å²) >= 11 is 1.32. The third-order valence-electron chi connectivity index (χ3n) is 2.21. The zero-order valence-corrected chi connectivity index (χ0v) is 11.6. The minimum atomic E-state index is -0.544. The Bertz CT molecular complexity index is 409. The monoisotopic (exact) mass is 272 g/mol. The van der Waals surface area contributed by atoms with Crippen molar-refractivity contribution in [3.8, 4) is 0 Å². The van der Waals surface area contributed by atoms with Crippen LogP contribution in [0.4, 0.5) is 0 Å². The lowest BCUT2D eigenvalue weighted by molar-refractivity contribution is 0.0473. The number of ether oxygens (including phenoxy) is 1. The van der Waals surface area contributed by atoms with Crippen LogP contribution in [0.5, 0.6) is 0 Å². The molecule has 0 aromatic carbocycles. The molecular weight excluding hydrogens is 252 g/mol. The van der Waals surface area contributed by atoms with Crippen LogP contribution >= 0.6 is 11.8 Å². The van der Waals surface area contributed by atoms with Crippen molar-refractivity contribution in [1.82, 2.24) is 9.97 Å². The summed E-state index contributed by atoms with van der Waals surface area (Å²) in [5, 5.41) is 10.2. The van der Waals surface area contributed by atoms with E-state index in [-0.39, 0.29) is 5.56 Å². The summed E-state index contributed by atoms with van der Waals surface area (Å²) in [6.45, 7) is 4.86. The van der Waals surface area contributed by atoms with E-state index in [1.807, 2.05) is 0 Å². The molecule has 0 saturated carbocycles. The first-order valence-corrected chi connectivity index (χ1v) is 7.07. The van der Waals surface area contributed by atoms with Gasteiger partial charge in [0.05, 0.1) is 12.7 Å². The Hall–Kier alpha value is -0.850. The molecule has 1 rings (SSSR count). The van der Waals surface area contributed by atoms with Crippen molar-refractivity contribution in [1.29, 1.82) is 0 Å². The van der Waals surface area contributed by atoms with Gasteiger partial charge in [-0.3, -0.25) is 4.79 Å². The second-order valence-corrected chi connectivity index (χ2v) is 5.09. The Morgan fingerprint density at radius 2 is 2.39 bits per heavy atom. The molecule has 0 radical (unpaired) electrons. The number of H-pyrrole nitrogens is 1. The molecule has 0 aliphatic rings. The molecule has 0 amide bonds. The second-order valence-electron chi connectivity index (χ2n) is 4.09. The molecule has 6 heteroatoms. The first-order valence-electron chi connectivity index (χ1n) is 6.08. The first-order chi connectivity index (χ1) is 8.61. The number of aromatic amines is 1. The summed E-state index contributed by atoms with van der Waals surface area (Å²) < 4.78 is 5.32. The van der Waals surface area contributed by atoms with Crippen molar-refractivity contribution >= 4 is 11.8 Å². The number of aliphatic hydroxyl groups is 1. The molecule has 0 spiro atoms. The fourth-order valence-corrected chi connectivity index (χ4v) is 2.14. The molecule has 1 aromatic rings. The topological polar surface area (TPSA) is 75.2 Å². The lowest BCUT2D eigenvalue weighted by Gasteiger charge is -2.10. The summed E-state index contributed by atoms with van der Waals surface area (Å²) in [5.41, 5.74) is 0.508. The highest BCUT2D eigenvalue weighted by Crippen LogP contribution is 2.12. The minimum absolute atomic E-state index is 0.168. The van der Waals surface area contributed by atoms with Crippen LogP contribution in [0, 0.1) is 6.92 Å². The van der Waals surface area contributed by atoms with Gasteiger partial charge in [-0.2, -0.15) is 0 Å². The number of hydrogen-bond acceptors (Lipinski definition) is 5. The Kier molecular flexibility index (Phi) is 7.00. The highest BCUT2D eigenvalue weighted by atomic mass is 32.2. The maximum Gasteiger partial charge on any atom is 0.251 e. The van der Waals surface area contributed by atoms with Crippen LogP contribution in [0.2, 0.25) is 0 Å². The second kappa shape index (κ2) is 8.29. The SMILES string of the molecule is CCCCOCC(O)CSc1nc(C)cc(=O)[nH]1. The van der Waals surface area contributed by atoms with E-state index in [4.69, 9.17) is 4.74 Å². The molecule has 0 saturated heterocycles. The molecule has 18 heavy (non-hydrogen) atoms. The summed E-state index contributed by atoms with van der Waals surface area (Å²) in [6, 6.07) is 1.44. The van der Waals surface area contributed by atoms with Crippen molar-refractivity contribution in [2.45, 2.75) is 37.9 Å². The fraction of sp³-hybridized carbons (Fsp3) is 0.667. The van der Waals surface area contributed by atoms with Gasteiger partial charge in [0.25, 0.3) is 5.56 Å². The van der Waals surface area contributed by atoms with Crippen LogP contribution < -0.4 is 5.56 Å². The number of nitrogens with zero attached hydrogens (tertiary/aromatic N) is 1. The number of hydrogen-bond donors (Lipinski definition) is 2. The zero-order valence-electron chi connectivity index (χ0n) is 10.8. The highest BCUT2D eigenvalue weighted by Gasteiger charge is 2.07. The van der Waals surface area contributed by atoms with Crippen LogP contribution in [0.3, 0.4) is 0 Å². The molecule has 2 N–H and O–H groups in total. The average Bonchev–Trinajstić information content (AvgIpc) is 2.31. The summed E-state index contributed by atoms with van der Waals surface area (Å²) in [5.74, 6) is 0.457. The normalized spacial score (nSPS) is 12.6. The lowest BCUT2D eigenvalue weighted by atomic mass is 10.3. The maximum atomic E-state index is 11.2. The van der Waals surface area contributed by atoms with Gasteiger partial charge in [-0.05, 0) is 13.3 Å². The lowest BCUT2D eigenvalue weighted by Crippen LogP contribution is -2.19. The van der Waals surface area contributed by atoms with Crippen LogP contribution in [0.1, 0.15) is 25.5 Å². The van der Waals surface area contributed by atoms with Gasteiger partial charge in [-0.25, -0.2) is 4.98 Å². The molecule has 0 bridgehead atoms. The number of thioether (sulfide) groups is 1. The maximum absolute atomic E-state index is 11.2. The number of aromatic nitrogens is 2. The minimum Gasteiger partial charge on any atom is -0.390 e. The van der Waals surface area contributed by atoms with Gasteiger partial charge >= 0.3 is 0 Å². The third kappa shape index (κ3) is 6.18. The van der Waals surface area contributed by atoms with E-state index >= 15 is 0 Å². The highest BCUT2D eigenvalue weighted by molar-refractivity contribution is 7.99. The van der Waals surface area contributed by atoms with Crippen LogP contribution in [-0.2, 0) is 4.74 Å². The van der Waals surface area contributed by atoms with Crippen LogP contribution in [0.25, 0.3) is 0 Å². The molecule has 102 valence electrons. The van der Waals surface area contributed by atoms with Crippen molar-refractivity contribution < 1.29 is 9.84 Å². The summed E-state index contributed by atoms with van der Waals surface area (Å²) in [7, 11) is 0. The van der Waals surface area contributed by atoms with E-state index in [1.165, 1.54) is 17.8 Å². The van der Waals surface area contributed by atoms with Crippen molar-refractivity contribution in [3.05, 3.63) is 22.1 Å². The van der Waals surface area contributed by atoms with Gasteiger partial charge in [0.1, 0.15) is 0 Å². The predicted octanol–water partition coefficient (Wildman–Crippen LogP) is 1.35. The standard InChI is InChI=1S/C12H20N2O3S/c1-3-4-5-17-7-10(15)8-18-12-13-9(2)6-11(16)14-12/h6,10,15H,3-5,7-8H2,1-2H3,(H,13,14,16). The number of aliphatic hydroxyl groups excluding tert-OH is 1. The Morgan fingerprint density at radius 3 is 3.06 bits per heavy atom. The molecular formula is C12H20N2O3S. The van der Waals surface area contributed by atoms with Crippen LogP contribution in [-0.4, -0.2) is 40.1 Å². The average molecular weight is 272 g/mol. The summed E-state index contributed by atoms with van der Waals surface area (Å²) in [4.78, 5) is 18.0. The first kappa shape index (κ1) is 15.2. The molecule has 0 aliphatic heterocycles. The van der Waals surface area contributed by atoms with E-state index in [0.29, 0.717) is 29.8 Å².